The van der Waals surface area contributed by atoms with Crippen molar-refractivity contribution in [3.8, 4) is 0 Å². The average Bonchev–Trinajstić information content (AvgIpc) is 2.58. The van der Waals surface area contributed by atoms with Crippen molar-refractivity contribution < 1.29 is 4.79 Å². The Morgan fingerprint density at radius 1 is 1.39 bits per heavy atom. The fourth-order valence-electron chi connectivity index (χ4n) is 2.97. The summed E-state index contributed by atoms with van der Waals surface area (Å²) in [5, 5.41) is 10.4. The van der Waals surface area contributed by atoms with Crippen molar-refractivity contribution in [2.75, 3.05) is 0 Å². The summed E-state index contributed by atoms with van der Waals surface area (Å²) in [6.45, 7) is 4.22. The highest BCUT2D eigenvalue weighted by Crippen LogP contribution is 2.20. The number of carbonyl (C=O) groups is 1. The molecule has 0 bridgehead atoms. The minimum Gasteiger partial charge on any atom is -0.349 e. The van der Waals surface area contributed by atoms with Gasteiger partial charge < -0.3 is 9.88 Å². The van der Waals surface area contributed by atoms with E-state index in [0.717, 1.165) is 30.5 Å². The first-order chi connectivity index (χ1) is 11.2. The van der Waals surface area contributed by atoms with Gasteiger partial charge in [0.2, 0.25) is 0 Å². The maximum Gasteiger partial charge on any atom is 0.253 e. The molecule has 3 rings (SSSR count). The third kappa shape index (κ3) is 3.21. The Kier molecular flexibility index (Phi) is 4.32. The van der Waals surface area contributed by atoms with Gasteiger partial charge in [-0.15, -0.1) is 6.58 Å². The van der Waals surface area contributed by atoms with Crippen molar-refractivity contribution in [2.24, 2.45) is 0 Å². The standard InChI is InChI=1S/C17H18N4O2/c1-2-9-21-15-5-4-14(10-12(15)3-6-16(21)22)20-17(23)13-7-8-18-19-11-13/h2-3,6-8,11,14H,1,4-5,9-10H2,(H,20,23)/t14-/m0/s1. The molecule has 118 valence electrons. The van der Waals surface area contributed by atoms with Crippen LogP contribution >= 0.6 is 0 Å². The van der Waals surface area contributed by atoms with Crippen LogP contribution in [0, 0.1) is 0 Å². The summed E-state index contributed by atoms with van der Waals surface area (Å²) in [5.74, 6) is -0.146. The summed E-state index contributed by atoms with van der Waals surface area (Å²) in [5.41, 5.74) is 2.65. The molecule has 0 spiro atoms. The fourth-order valence-corrected chi connectivity index (χ4v) is 2.97. The molecule has 1 amide bonds. The molecule has 1 atom stereocenters. The average molecular weight is 310 g/mol. The van der Waals surface area contributed by atoms with Crippen molar-refractivity contribution in [3.05, 3.63) is 70.4 Å². The van der Waals surface area contributed by atoms with Crippen LogP contribution in [-0.4, -0.2) is 26.7 Å². The van der Waals surface area contributed by atoms with Crippen molar-refractivity contribution in [1.29, 1.82) is 0 Å². The van der Waals surface area contributed by atoms with Gasteiger partial charge in [-0.05, 0) is 30.9 Å². The van der Waals surface area contributed by atoms with Crippen LogP contribution in [0.25, 0.3) is 0 Å². The SMILES string of the molecule is C=CCn1c2c(ccc1=O)C[C@@H](NC(=O)c1ccnnc1)CC2. The molecule has 0 radical (unpaired) electrons. The zero-order valence-corrected chi connectivity index (χ0v) is 12.7. The van der Waals surface area contributed by atoms with Gasteiger partial charge in [-0.25, -0.2) is 0 Å². The van der Waals surface area contributed by atoms with E-state index in [-0.39, 0.29) is 17.5 Å². The molecule has 0 saturated heterocycles. The van der Waals surface area contributed by atoms with Crippen LogP contribution in [0.5, 0.6) is 0 Å². The van der Waals surface area contributed by atoms with Crippen LogP contribution in [0.1, 0.15) is 28.0 Å². The smallest absolute Gasteiger partial charge is 0.253 e. The van der Waals surface area contributed by atoms with E-state index in [0.29, 0.717) is 12.1 Å². The van der Waals surface area contributed by atoms with Crippen LogP contribution in [0.4, 0.5) is 0 Å². The maximum atomic E-state index is 12.2. The molecule has 2 aromatic rings. The van der Waals surface area contributed by atoms with Gasteiger partial charge in [0.15, 0.2) is 0 Å². The third-order valence-corrected chi connectivity index (χ3v) is 4.08. The zero-order chi connectivity index (χ0) is 16.2. The number of hydrogen-bond acceptors (Lipinski definition) is 4. The van der Waals surface area contributed by atoms with Gasteiger partial charge >= 0.3 is 0 Å². The molecule has 2 aromatic heterocycles. The first-order valence-corrected chi connectivity index (χ1v) is 7.59. The van der Waals surface area contributed by atoms with Crippen LogP contribution in [0.15, 0.2) is 48.0 Å². The predicted molar refractivity (Wildman–Crippen MR) is 86.2 cm³/mol. The molecule has 0 unspecified atom stereocenters. The van der Waals surface area contributed by atoms with Gasteiger partial charge in [0, 0.05) is 24.3 Å². The van der Waals surface area contributed by atoms with Crippen LogP contribution < -0.4 is 10.9 Å². The minimum absolute atomic E-state index is 0.00556. The van der Waals surface area contributed by atoms with E-state index in [1.165, 1.54) is 12.4 Å². The normalized spacial score (nSPS) is 16.4. The first kappa shape index (κ1) is 15.1. The zero-order valence-electron chi connectivity index (χ0n) is 12.7. The Bertz CT molecular complexity index is 783. The number of hydrogen-bond donors (Lipinski definition) is 1. The molecule has 1 N–H and O–H groups in total. The molecule has 0 aromatic carbocycles. The molecular weight excluding hydrogens is 292 g/mol. The van der Waals surface area contributed by atoms with Crippen molar-refractivity contribution in [3.63, 3.8) is 0 Å². The number of nitrogens with zero attached hydrogens (tertiary/aromatic N) is 3. The Labute approximate surface area is 133 Å². The number of carbonyl (C=O) groups excluding carboxylic acids is 1. The molecule has 6 heteroatoms. The predicted octanol–water partition coefficient (Wildman–Crippen LogP) is 1.11. The molecule has 0 fully saturated rings. The Hall–Kier alpha value is -2.76. The van der Waals surface area contributed by atoms with Gasteiger partial charge in [0.25, 0.3) is 11.5 Å². The highest BCUT2D eigenvalue weighted by atomic mass is 16.1. The lowest BCUT2D eigenvalue weighted by atomic mass is 9.91. The van der Waals surface area contributed by atoms with Gasteiger partial charge in [-0.1, -0.05) is 12.1 Å². The summed E-state index contributed by atoms with van der Waals surface area (Å²) in [4.78, 5) is 24.2. The summed E-state index contributed by atoms with van der Waals surface area (Å²) < 4.78 is 1.76. The first-order valence-electron chi connectivity index (χ1n) is 7.59. The summed E-state index contributed by atoms with van der Waals surface area (Å²) in [6, 6.07) is 5.14. The number of aromatic nitrogens is 3. The van der Waals surface area contributed by atoms with Gasteiger partial charge in [0.05, 0.1) is 18.0 Å². The second-order valence-electron chi connectivity index (χ2n) is 5.59. The topological polar surface area (TPSA) is 76.9 Å². The quantitative estimate of drug-likeness (QED) is 0.858. The second-order valence-corrected chi connectivity index (χ2v) is 5.59. The summed E-state index contributed by atoms with van der Waals surface area (Å²) in [6.07, 6.45) is 6.96. The lowest BCUT2D eigenvalue weighted by Gasteiger charge is -2.27. The molecule has 23 heavy (non-hydrogen) atoms. The largest absolute Gasteiger partial charge is 0.349 e. The van der Waals surface area contributed by atoms with Crippen molar-refractivity contribution >= 4 is 5.91 Å². The van der Waals surface area contributed by atoms with E-state index in [1.807, 2.05) is 6.07 Å². The Morgan fingerprint density at radius 2 is 2.26 bits per heavy atom. The lowest BCUT2D eigenvalue weighted by Crippen LogP contribution is -2.40. The van der Waals surface area contributed by atoms with Gasteiger partial charge in [0.1, 0.15) is 0 Å². The molecule has 1 aliphatic rings. The molecule has 6 nitrogen and oxygen atoms in total. The van der Waals surface area contributed by atoms with E-state index < -0.39 is 0 Å². The van der Waals surface area contributed by atoms with Gasteiger partial charge in [-0.3, -0.25) is 9.59 Å². The molecule has 0 saturated carbocycles. The van der Waals surface area contributed by atoms with Crippen LogP contribution in [0.3, 0.4) is 0 Å². The Balaban J connectivity index is 1.76. The second kappa shape index (κ2) is 6.56. The van der Waals surface area contributed by atoms with Crippen molar-refractivity contribution in [2.45, 2.75) is 31.8 Å². The molecule has 1 aliphatic carbocycles. The van der Waals surface area contributed by atoms with Crippen molar-refractivity contribution in [1.82, 2.24) is 20.1 Å². The van der Waals surface area contributed by atoms with Gasteiger partial charge in [-0.2, -0.15) is 10.2 Å². The monoisotopic (exact) mass is 310 g/mol. The number of rotatable bonds is 4. The number of fused-ring (bicyclic) bond motifs is 1. The molecule has 2 heterocycles. The van der Waals surface area contributed by atoms with E-state index in [4.69, 9.17) is 0 Å². The van der Waals surface area contributed by atoms with E-state index >= 15 is 0 Å². The highest BCUT2D eigenvalue weighted by molar-refractivity contribution is 5.93. The van der Waals surface area contributed by atoms with Crippen LogP contribution in [0.2, 0.25) is 0 Å². The molecule has 0 aliphatic heterocycles. The molecular formula is C17H18N4O2. The number of allylic oxidation sites excluding steroid dienone is 1. The maximum absolute atomic E-state index is 12.2. The number of nitrogens with one attached hydrogen (secondary N) is 1. The number of amides is 1. The summed E-state index contributed by atoms with van der Waals surface area (Å²) >= 11 is 0. The summed E-state index contributed by atoms with van der Waals surface area (Å²) in [7, 11) is 0. The third-order valence-electron chi connectivity index (χ3n) is 4.08. The fraction of sp³-hybridized carbons (Fsp3) is 0.294. The highest BCUT2D eigenvalue weighted by Gasteiger charge is 2.23. The van der Waals surface area contributed by atoms with E-state index in [2.05, 4.69) is 22.1 Å². The Morgan fingerprint density at radius 3 is 3.00 bits per heavy atom. The van der Waals surface area contributed by atoms with E-state index in [9.17, 15) is 9.59 Å². The van der Waals surface area contributed by atoms with Crippen LogP contribution in [-0.2, 0) is 19.4 Å². The van der Waals surface area contributed by atoms with E-state index in [1.54, 1.807) is 22.8 Å². The lowest BCUT2D eigenvalue weighted by molar-refractivity contribution is 0.0933. The minimum atomic E-state index is -0.146. The number of pyridine rings is 1.